The van der Waals surface area contributed by atoms with Crippen molar-refractivity contribution in [2.24, 2.45) is 0 Å². The minimum absolute atomic E-state index is 0.0110. The molecule has 0 fully saturated rings. The monoisotopic (exact) mass is 265 g/mol. The van der Waals surface area contributed by atoms with Gasteiger partial charge in [0, 0.05) is 23.8 Å². The molecule has 2 N–H and O–H groups in total. The zero-order chi connectivity index (χ0) is 13.3. The van der Waals surface area contributed by atoms with Crippen molar-refractivity contribution in [1.82, 2.24) is 14.7 Å². The molecule has 0 saturated heterocycles. The van der Waals surface area contributed by atoms with Crippen LogP contribution in [0.15, 0.2) is 24.5 Å². The van der Waals surface area contributed by atoms with Crippen LogP contribution in [0, 0.1) is 0 Å². The Morgan fingerprint density at radius 3 is 2.83 bits per heavy atom. The maximum Gasteiger partial charge on any atom is 0.137 e. The predicted molar refractivity (Wildman–Crippen MR) is 75.5 cm³/mol. The summed E-state index contributed by atoms with van der Waals surface area (Å²) in [5, 5.41) is 1.07. The molecule has 0 aliphatic carbocycles. The molecule has 98 valence electrons. The average molecular weight is 265 g/mol. The van der Waals surface area contributed by atoms with E-state index in [1.807, 2.05) is 46.2 Å². The van der Waals surface area contributed by atoms with E-state index in [4.69, 9.17) is 0 Å². The number of fused-ring (bicyclic) bond motifs is 1. The lowest BCUT2D eigenvalue weighted by Crippen LogP contribution is -2.34. The molecule has 2 aromatic rings. The van der Waals surface area contributed by atoms with Crippen LogP contribution in [-0.2, 0) is 11.0 Å². The molecule has 0 radical (unpaired) electrons. The molecule has 0 aromatic carbocycles. The van der Waals surface area contributed by atoms with E-state index in [-0.39, 0.29) is 10.8 Å². The van der Waals surface area contributed by atoms with Gasteiger partial charge in [0.2, 0.25) is 0 Å². The molecule has 2 rings (SSSR count). The number of nitrogens with zero attached hydrogens (tertiary/aromatic N) is 1. The third-order valence-corrected chi connectivity index (χ3v) is 4.44. The van der Waals surface area contributed by atoms with Crippen LogP contribution in [0.1, 0.15) is 39.3 Å². The fourth-order valence-corrected chi connectivity index (χ4v) is 2.41. The number of H-pyrrole nitrogens is 1. The highest BCUT2D eigenvalue weighted by molar-refractivity contribution is 7.84. The van der Waals surface area contributed by atoms with Gasteiger partial charge in [-0.05, 0) is 45.4 Å². The number of hydrogen-bond acceptors (Lipinski definition) is 2. The molecule has 4 nitrogen and oxygen atoms in total. The Bertz CT molecular complexity index is 571. The van der Waals surface area contributed by atoms with Crippen molar-refractivity contribution in [2.75, 3.05) is 0 Å². The van der Waals surface area contributed by atoms with Crippen LogP contribution in [0.2, 0.25) is 0 Å². The predicted octanol–water partition coefficient (Wildman–Crippen LogP) is 2.68. The van der Waals surface area contributed by atoms with Crippen LogP contribution in [-0.4, -0.2) is 18.9 Å². The second-order valence-corrected chi connectivity index (χ2v) is 7.40. The fourth-order valence-electron chi connectivity index (χ4n) is 1.60. The molecule has 0 aliphatic heterocycles. The van der Waals surface area contributed by atoms with Crippen LogP contribution in [0.25, 0.3) is 11.0 Å². The molecular weight excluding hydrogens is 246 g/mol. The van der Waals surface area contributed by atoms with E-state index in [1.54, 1.807) is 0 Å². The molecule has 0 saturated carbocycles. The normalized spacial score (nSPS) is 15.8. The molecule has 0 bridgehead atoms. The maximum absolute atomic E-state index is 12.0. The van der Waals surface area contributed by atoms with Crippen LogP contribution < -0.4 is 4.72 Å². The molecule has 2 heterocycles. The van der Waals surface area contributed by atoms with E-state index in [0.717, 1.165) is 16.6 Å². The van der Waals surface area contributed by atoms with Gasteiger partial charge < -0.3 is 4.98 Å². The molecule has 5 heteroatoms. The second kappa shape index (κ2) is 4.82. The number of rotatable bonds is 3. The summed E-state index contributed by atoms with van der Waals surface area (Å²) in [5.41, 5.74) is 1.92. The van der Waals surface area contributed by atoms with Crippen LogP contribution in [0.3, 0.4) is 0 Å². The first-order chi connectivity index (χ1) is 8.38. The van der Waals surface area contributed by atoms with Crippen molar-refractivity contribution in [3.05, 3.63) is 30.1 Å². The molecule has 2 aromatic heterocycles. The first kappa shape index (κ1) is 13.2. The minimum atomic E-state index is -1.08. The number of pyridine rings is 1. The standard InChI is InChI=1S/C13H19N3OS/c1-9(16-18(17)13(2,3)4)11-7-10-5-6-14-12(10)15-8-11/h5-9,16H,1-4H3,(H,14,15)/t9-,18?/m0/s1. The van der Waals surface area contributed by atoms with E-state index in [0.29, 0.717) is 0 Å². The highest BCUT2D eigenvalue weighted by Crippen LogP contribution is 2.19. The summed E-state index contributed by atoms with van der Waals surface area (Å²) in [4.78, 5) is 7.40. The Morgan fingerprint density at radius 1 is 1.44 bits per heavy atom. The average Bonchev–Trinajstić information content (AvgIpc) is 2.74. The summed E-state index contributed by atoms with van der Waals surface area (Å²) in [7, 11) is -1.08. The number of aromatic nitrogens is 2. The number of hydrogen-bond donors (Lipinski definition) is 2. The van der Waals surface area contributed by atoms with Crippen molar-refractivity contribution in [2.45, 2.75) is 38.5 Å². The van der Waals surface area contributed by atoms with Crippen molar-refractivity contribution < 1.29 is 4.21 Å². The first-order valence-corrected chi connectivity index (χ1v) is 7.14. The highest BCUT2D eigenvalue weighted by Gasteiger charge is 2.21. The second-order valence-electron chi connectivity index (χ2n) is 5.40. The first-order valence-electron chi connectivity index (χ1n) is 5.99. The third kappa shape index (κ3) is 2.79. The Balaban J connectivity index is 2.18. The van der Waals surface area contributed by atoms with E-state index in [9.17, 15) is 4.21 Å². The van der Waals surface area contributed by atoms with Gasteiger partial charge in [-0.2, -0.15) is 0 Å². The molecule has 2 atom stereocenters. The zero-order valence-electron chi connectivity index (χ0n) is 11.2. The molecule has 0 amide bonds. The summed E-state index contributed by atoms with van der Waals surface area (Å²) in [6.07, 6.45) is 3.68. The van der Waals surface area contributed by atoms with Crippen LogP contribution >= 0.6 is 0 Å². The van der Waals surface area contributed by atoms with Gasteiger partial charge in [-0.3, -0.25) is 0 Å². The summed E-state index contributed by atoms with van der Waals surface area (Å²) < 4.78 is 14.9. The lowest BCUT2D eigenvalue weighted by Gasteiger charge is -2.22. The summed E-state index contributed by atoms with van der Waals surface area (Å²) >= 11 is 0. The Labute approximate surface area is 110 Å². The molecule has 0 spiro atoms. The number of nitrogens with one attached hydrogen (secondary N) is 2. The topological polar surface area (TPSA) is 57.8 Å². The van der Waals surface area contributed by atoms with Crippen molar-refractivity contribution in [1.29, 1.82) is 0 Å². The third-order valence-electron chi connectivity index (χ3n) is 2.76. The van der Waals surface area contributed by atoms with Crippen LogP contribution in [0.4, 0.5) is 0 Å². The van der Waals surface area contributed by atoms with E-state index >= 15 is 0 Å². The largest absolute Gasteiger partial charge is 0.346 e. The summed E-state index contributed by atoms with van der Waals surface area (Å²) in [6, 6.07) is 4.06. The maximum atomic E-state index is 12.0. The van der Waals surface area contributed by atoms with Gasteiger partial charge in [0.15, 0.2) is 0 Å². The lowest BCUT2D eigenvalue weighted by molar-refractivity contribution is 0.616. The van der Waals surface area contributed by atoms with E-state index in [1.165, 1.54) is 0 Å². The molecule has 1 unspecified atom stereocenters. The van der Waals surface area contributed by atoms with Crippen molar-refractivity contribution >= 4 is 22.0 Å². The van der Waals surface area contributed by atoms with Crippen molar-refractivity contribution in [3.63, 3.8) is 0 Å². The molecular formula is C13H19N3OS. The van der Waals surface area contributed by atoms with Gasteiger partial charge in [-0.15, -0.1) is 0 Å². The Morgan fingerprint density at radius 2 is 2.17 bits per heavy atom. The Hall–Kier alpha value is -1.20. The summed E-state index contributed by atoms with van der Waals surface area (Å²) in [5.74, 6) is 0. The van der Waals surface area contributed by atoms with Gasteiger partial charge in [-0.1, -0.05) is 0 Å². The zero-order valence-corrected chi connectivity index (χ0v) is 12.0. The Kier molecular flexibility index (Phi) is 3.54. The quantitative estimate of drug-likeness (QED) is 0.896. The summed E-state index contributed by atoms with van der Waals surface area (Å²) in [6.45, 7) is 7.86. The smallest absolute Gasteiger partial charge is 0.137 e. The highest BCUT2D eigenvalue weighted by atomic mass is 32.2. The van der Waals surface area contributed by atoms with Gasteiger partial charge in [0.25, 0.3) is 0 Å². The van der Waals surface area contributed by atoms with Gasteiger partial charge in [0.05, 0.1) is 15.7 Å². The van der Waals surface area contributed by atoms with Crippen molar-refractivity contribution in [3.8, 4) is 0 Å². The van der Waals surface area contributed by atoms with Gasteiger partial charge >= 0.3 is 0 Å². The fraction of sp³-hybridized carbons (Fsp3) is 0.462. The van der Waals surface area contributed by atoms with E-state index in [2.05, 4.69) is 20.8 Å². The molecule has 0 aliphatic rings. The minimum Gasteiger partial charge on any atom is -0.346 e. The lowest BCUT2D eigenvalue weighted by atomic mass is 10.1. The van der Waals surface area contributed by atoms with E-state index < -0.39 is 11.0 Å². The van der Waals surface area contributed by atoms with Crippen LogP contribution in [0.5, 0.6) is 0 Å². The van der Waals surface area contributed by atoms with Gasteiger partial charge in [-0.25, -0.2) is 13.9 Å². The SMILES string of the molecule is C[C@H](NS(=O)C(C)(C)C)c1cnc2[nH]ccc2c1. The number of aromatic amines is 1. The molecule has 18 heavy (non-hydrogen) atoms. The van der Waals surface area contributed by atoms with Gasteiger partial charge in [0.1, 0.15) is 5.65 Å².